The first kappa shape index (κ1) is 25.9. The van der Waals surface area contributed by atoms with Crippen molar-refractivity contribution in [3.63, 3.8) is 0 Å². The third-order valence-electron chi connectivity index (χ3n) is 4.89. The van der Waals surface area contributed by atoms with Crippen LogP contribution >= 0.6 is 23.2 Å². The topological polar surface area (TPSA) is 95.0 Å². The Bertz CT molecular complexity index is 1110. The first-order valence-electron chi connectivity index (χ1n) is 9.48. The quantitative estimate of drug-likeness (QED) is 0.527. The van der Waals surface area contributed by atoms with E-state index in [2.05, 4.69) is 0 Å². The molecule has 0 unspecified atom stereocenters. The molecule has 1 atom stereocenters. The SMILES string of the molecule is C[C@H](CCCN(C)S(C)(=O)=O)N(c1cc(Cl)ccc1CO)S(=O)(=O)c1ccc(Cl)cc1. The summed E-state index contributed by atoms with van der Waals surface area (Å²) in [7, 11) is -5.88. The van der Waals surface area contributed by atoms with Gasteiger partial charge >= 0.3 is 0 Å². The highest BCUT2D eigenvalue weighted by Gasteiger charge is 2.31. The van der Waals surface area contributed by atoms with Crippen LogP contribution < -0.4 is 4.31 Å². The molecule has 1 N–H and O–H groups in total. The molecule has 7 nitrogen and oxygen atoms in total. The number of benzene rings is 2. The van der Waals surface area contributed by atoms with Crippen molar-refractivity contribution in [1.82, 2.24) is 4.31 Å². The molecule has 0 radical (unpaired) electrons. The largest absolute Gasteiger partial charge is 0.392 e. The summed E-state index contributed by atoms with van der Waals surface area (Å²) in [5, 5.41) is 10.5. The average Bonchev–Trinajstić information content (AvgIpc) is 2.67. The van der Waals surface area contributed by atoms with Crippen molar-refractivity contribution in [3.05, 3.63) is 58.1 Å². The fraction of sp³-hybridized carbons (Fsp3) is 0.400. The Kier molecular flexibility index (Phi) is 8.77. The molecule has 2 aromatic rings. The molecule has 0 heterocycles. The Morgan fingerprint density at radius 3 is 2.13 bits per heavy atom. The minimum absolute atomic E-state index is 0.0425. The van der Waals surface area contributed by atoms with Crippen molar-refractivity contribution in [1.29, 1.82) is 0 Å². The van der Waals surface area contributed by atoms with E-state index in [-0.39, 0.29) is 23.7 Å². The van der Waals surface area contributed by atoms with Crippen LogP contribution in [-0.4, -0.2) is 52.1 Å². The Hall–Kier alpha value is -1.36. The molecule has 2 rings (SSSR count). The third kappa shape index (κ3) is 6.57. The molecular formula is C20H26Cl2N2O5S2. The molecule has 172 valence electrons. The van der Waals surface area contributed by atoms with Crippen LogP contribution in [0.15, 0.2) is 47.4 Å². The highest BCUT2D eigenvalue weighted by molar-refractivity contribution is 7.92. The highest BCUT2D eigenvalue weighted by atomic mass is 35.5. The fourth-order valence-corrected chi connectivity index (χ4v) is 5.56. The van der Waals surface area contributed by atoms with Gasteiger partial charge in [0.15, 0.2) is 0 Å². The molecule has 0 aliphatic heterocycles. The molecule has 2 aromatic carbocycles. The predicted octanol–water partition coefficient (Wildman–Crippen LogP) is 3.74. The number of rotatable bonds is 10. The third-order valence-corrected chi connectivity index (χ3v) is 8.63. The van der Waals surface area contributed by atoms with Gasteiger partial charge in [-0.1, -0.05) is 29.3 Å². The monoisotopic (exact) mass is 508 g/mol. The van der Waals surface area contributed by atoms with Crippen LogP contribution in [0, 0.1) is 0 Å². The fourth-order valence-electron chi connectivity index (χ4n) is 3.09. The van der Waals surface area contributed by atoms with Gasteiger partial charge in [0.1, 0.15) is 0 Å². The second-order valence-electron chi connectivity index (χ2n) is 7.26. The highest BCUT2D eigenvalue weighted by Crippen LogP contribution is 2.33. The molecule has 0 aliphatic rings. The first-order valence-corrected chi connectivity index (χ1v) is 13.5. The van der Waals surface area contributed by atoms with Crippen LogP contribution in [0.5, 0.6) is 0 Å². The maximum atomic E-state index is 13.6. The summed E-state index contributed by atoms with van der Waals surface area (Å²) in [6.07, 6.45) is 1.93. The number of anilines is 1. The maximum Gasteiger partial charge on any atom is 0.264 e. The molecule has 11 heteroatoms. The molecule has 0 saturated heterocycles. The van der Waals surface area contributed by atoms with Crippen molar-refractivity contribution in [2.45, 2.75) is 37.3 Å². The van der Waals surface area contributed by atoms with Gasteiger partial charge in [-0.2, -0.15) is 0 Å². The van der Waals surface area contributed by atoms with Gasteiger partial charge in [-0.3, -0.25) is 4.31 Å². The molecule has 0 amide bonds. The van der Waals surface area contributed by atoms with Crippen molar-refractivity contribution < 1.29 is 21.9 Å². The smallest absolute Gasteiger partial charge is 0.264 e. The predicted molar refractivity (Wildman–Crippen MR) is 125 cm³/mol. The Morgan fingerprint density at radius 1 is 1.00 bits per heavy atom. The standard InChI is InChI=1S/C20H26Cl2N2O5S2/c1-15(5-4-12-23(2)30(3,26)27)24(20-13-18(22)7-6-16(20)14-25)31(28,29)19-10-8-17(21)9-11-19/h6-11,13,15,25H,4-5,12,14H2,1-3H3/t15-/m1/s1. The zero-order valence-electron chi connectivity index (χ0n) is 17.5. The summed E-state index contributed by atoms with van der Waals surface area (Å²) in [6.45, 7) is 1.61. The summed E-state index contributed by atoms with van der Waals surface area (Å²) >= 11 is 12.1. The zero-order chi connectivity index (χ0) is 23.4. The lowest BCUT2D eigenvalue weighted by Crippen LogP contribution is -2.40. The van der Waals surface area contributed by atoms with Gasteiger partial charge in [0, 0.05) is 35.2 Å². The average molecular weight is 509 g/mol. The Labute approximate surface area is 194 Å². The van der Waals surface area contributed by atoms with Gasteiger partial charge in [-0.05, 0) is 56.2 Å². The van der Waals surface area contributed by atoms with Crippen LogP contribution in [0.2, 0.25) is 10.0 Å². The van der Waals surface area contributed by atoms with Crippen LogP contribution in [0.4, 0.5) is 5.69 Å². The molecule has 0 aliphatic carbocycles. The van der Waals surface area contributed by atoms with E-state index in [1.165, 1.54) is 46.0 Å². The number of hydrogen-bond donors (Lipinski definition) is 1. The lowest BCUT2D eigenvalue weighted by Gasteiger charge is -2.32. The summed E-state index contributed by atoms with van der Waals surface area (Å²) < 4.78 is 52.8. The number of nitrogens with zero attached hydrogens (tertiary/aromatic N) is 2. The number of aliphatic hydroxyl groups is 1. The summed E-state index contributed by atoms with van der Waals surface area (Å²) in [4.78, 5) is 0.0425. The van der Waals surface area contributed by atoms with Crippen molar-refractivity contribution in [2.24, 2.45) is 0 Å². The lowest BCUT2D eigenvalue weighted by atomic mass is 10.1. The van der Waals surface area contributed by atoms with E-state index in [1.807, 2.05) is 0 Å². The Balaban J connectivity index is 2.46. The van der Waals surface area contributed by atoms with Crippen molar-refractivity contribution >= 4 is 48.9 Å². The van der Waals surface area contributed by atoms with E-state index in [1.54, 1.807) is 19.1 Å². The maximum absolute atomic E-state index is 13.6. The summed E-state index contributed by atoms with van der Waals surface area (Å²) in [5.41, 5.74) is 0.677. The van der Waals surface area contributed by atoms with Crippen LogP contribution in [-0.2, 0) is 26.7 Å². The van der Waals surface area contributed by atoms with Gasteiger partial charge in [0.05, 0.1) is 23.4 Å². The molecule has 0 bridgehead atoms. The van der Waals surface area contributed by atoms with Gasteiger partial charge in [0.25, 0.3) is 10.0 Å². The Morgan fingerprint density at radius 2 is 1.58 bits per heavy atom. The molecular weight excluding hydrogens is 483 g/mol. The normalized spacial score (nSPS) is 13.4. The van der Waals surface area contributed by atoms with Crippen LogP contribution in [0.1, 0.15) is 25.3 Å². The molecule has 0 aromatic heterocycles. The number of hydrogen-bond acceptors (Lipinski definition) is 5. The number of sulfonamides is 2. The number of halogens is 2. The van der Waals surface area contributed by atoms with Crippen LogP contribution in [0.3, 0.4) is 0 Å². The zero-order valence-corrected chi connectivity index (χ0v) is 20.6. The van der Waals surface area contributed by atoms with Gasteiger partial charge in [-0.25, -0.2) is 21.1 Å². The van der Waals surface area contributed by atoms with Gasteiger partial charge in [0.2, 0.25) is 10.0 Å². The summed E-state index contributed by atoms with van der Waals surface area (Å²) in [6, 6.07) is 9.92. The van der Waals surface area contributed by atoms with Gasteiger partial charge in [-0.15, -0.1) is 0 Å². The van der Waals surface area contributed by atoms with E-state index in [9.17, 15) is 21.9 Å². The van der Waals surface area contributed by atoms with E-state index >= 15 is 0 Å². The van der Waals surface area contributed by atoms with Crippen molar-refractivity contribution in [3.8, 4) is 0 Å². The van der Waals surface area contributed by atoms with E-state index in [0.29, 0.717) is 28.5 Å². The van der Waals surface area contributed by atoms with Crippen molar-refractivity contribution in [2.75, 3.05) is 24.2 Å². The molecule has 0 spiro atoms. The number of aliphatic hydroxyl groups excluding tert-OH is 1. The molecule has 0 fully saturated rings. The van der Waals surface area contributed by atoms with E-state index < -0.39 is 26.1 Å². The molecule has 0 saturated carbocycles. The lowest BCUT2D eigenvalue weighted by molar-refractivity contribution is 0.282. The minimum Gasteiger partial charge on any atom is -0.392 e. The van der Waals surface area contributed by atoms with E-state index in [0.717, 1.165) is 6.26 Å². The minimum atomic E-state index is -4.03. The summed E-state index contributed by atoms with van der Waals surface area (Å²) in [5.74, 6) is 0. The van der Waals surface area contributed by atoms with Gasteiger partial charge < -0.3 is 5.11 Å². The molecule has 31 heavy (non-hydrogen) atoms. The van der Waals surface area contributed by atoms with E-state index in [4.69, 9.17) is 23.2 Å². The second kappa shape index (κ2) is 10.5. The van der Waals surface area contributed by atoms with Crippen LogP contribution in [0.25, 0.3) is 0 Å². The second-order valence-corrected chi connectivity index (χ2v) is 12.0. The first-order chi connectivity index (χ1) is 14.4.